The number of halogens is 1. The van der Waals surface area contributed by atoms with Crippen LogP contribution in [0, 0.1) is 13.8 Å². The molecular weight excluding hydrogens is 252 g/mol. The number of hydrogen-bond acceptors (Lipinski definition) is 3. The fraction of sp³-hybridized carbons (Fsp3) is 0.167. The first-order chi connectivity index (χ1) is 8.49. The molecule has 2 rings (SSSR count). The number of nitrogens with two attached hydrogens (primary N) is 1. The number of aromatic nitrogens is 2. The van der Waals surface area contributed by atoms with Crippen molar-refractivity contribution >= 4 is 28.9 Å². The molecule has 18 heavy (non-hydrogen) atoms. The molecule has 0 aliphatic carbocycles. The van der Waals surface area contributed by atoms with Crippen LogP contribution >= 0.6 is 11.6 Å². The molecule has 0 spiro atoms. The summed E-state index contributed by atoms with van der Waals surface area (Å²) in [6.45, 7) is 3.66. The molecule has 0 bridgehead atoms. The third-order valence-corrected chi connectivity index (χ3v) is 2.91. The van der Waals surface area contributed by atoms with E-state index in [0.717, 1.165) is 5.56 Å². The number of nitrogen functional groups attached to an aromatic ring is 1. The second kappa shape index (κ2) is 4.70. The standard InChI is InChI=1S/C12H13ClN4O/c1-6-3-4-8(13)9(5-6)15-12(18)11-10(14)7(2)16-17-11/h3-5H,14H2,1-2H3,(H,15,18)(H,16,17). The third-order valence-electron chi connectivity index (χ3n) is 2.58. The molecule has 4 N–H and O–H groups in total. The maximum absolute atomic E-state index is 12.0. The molecule has 1 heterocycles. The molecule has 0 saturated heterocycles. The number of nitrogens with one attached hydrogen (secondary N) is 2. The van der Waals surface area contributed by atoms with Gasteiger partial charge >= 0.3 is 0 Å². The van der Waals surface area contributed by atoms with Gasteiger partial charge in [0.1, 0.15) is 0 Å². The Kier molecular flexibility index (Phi) is 3.25. The Bertz CT molecular complexity index is 606. The number of anilines is 2. The largest absolute Gasteiger partial charge is 0.395 e. The van der Waals surface area contributed by atoms with E-state index in [-0.39, 0.29) is 11.6 Å². The first-order valence-electron chi connectivity index (χ1n) is 5.37. The van der Waals surface area contributed by atoms with E-state index in [1.807, 2.05) is 13.0 Å². The van der Waals surface area contributed by atoms with E-state index in [4.69, 9.17) is 17.3 Å². The van der Waals surface area contributed by atoms with Crippen molar-refractivity contribution in [1.82, 2.24) is 10.2 Å². The predicted molar refractivity (Wildman–Crippen MR) is 71.9 cm³/mol. The van der Waals surface area contributed by atoms with Crippen LogP contribution < -0.4 is 11.1 Å². The smallest absolute Gasteiger partial charge is 0.278 e. The lowest BCUT2D eigenvalue weighted by Crippen LogP contribution is -2.14. The summed E-state index contributed by atoms with van der Waals surface area (Å²) in [6.07, 6.45) is 0. The van der Waals surface area contributed by atoms with Crippen LogP contribution in [0.4, 0.5) is 11.4 Å². The summed E-state index contributed by atoms with van der Waals surface area (Å²) in [5.74, 6) is -0.385. The monoisotopic (exact) mass is 264 g/mol. The molecule has 0 radical (unpaired) electrons. The normalized spacial score (nSPS) is 10.4. The minimum absolute atomic E-state index is 0.171. The molecule has 0 fully saturated rings. The van der Waals surface area contributed by atoms with Crippen molar-refractivity contribution in [3.63, 3.8) is 0 Å². The average Bonchev–Trinajstić information content (AvgIpc) is 2.65. The first-order valence-corrected chi connectivity index (χ1v) is 5.74. The molecule has 0 unspecified atom stereocenters. The van der Waals surface area contributed by atoms with Gasteiger partial charge < -0.3 is 11.1 Å². The zero-order chi connectivity index (χ0) is 13.3. The molecule has 1 aromatic carbocycles. The van der Waals surface area contributed by atoms with Gasteiger partial charge in [0, 0.05) is 0 Å². The van der Waals surface area contributed by atoms with E-state index in [2.05, 4.69) is 15.5 Å². The molecule has 1 aromatic heterocycles. The van der Waals surface area contributed by atoms with Gasteiger partial charge in [-0.1, -0.05) is 17.7 Å². The molecule has 1 amide bonds. The number of carbonyl (C=O) groups is 1. The fourth-order valence-electron chi connectivity index (χ4n) is 1.53. The van der Waals surface area contributed by atoms with Gasteiger partial charge in [-0.25, -0.2) is 0 Å². The van der Waals surface area contributed by atoms with Gasteiger partial charge in [0.15, 0.2) is 5.69 Å². The molecule has 0 atom stereocenters. The number of benzene rings is 1. The summed E-state index contributed by atoms with van der Waals surface area (Å²) in [7, 11) is 0. The van der Waals surface area contributed by atoms with E-state index in [1.54, 1.807) is 19.1 Å². The molecule has 2 aromatic rings. The molecule has 94 valence electrons. The Morgan fingerprint density at radius 2 is 2.17 bits per heavy atom. The Hall–Kier alpha value is -2.01. The van der Waals surface area contributed by atoms with Crippen LogP contribution in [0.2, 0.25) is 5.02 Å². The topological polar surface area (TPSA) is 83.8 Å². The lowest BCUT2D eigenvalue weighted by molar-refractivity contribution is 0.102. The highest BCUT2D eigenvalue weighted by Gasteiger charge is 2.16. The SMILES string of the molecule is Cc1ccc(Cl)c(NC(=O)c2n[nH]c(C)c2N)c1. The van der Waals surface area contributed by atoms with E-state index in [1.165, 1.54) is 0 Å². The maximum atomic E-state index is 12.0. The number of amides is 1. The van der Waals surface area contributed by atoms with Crippen LogP contribution in [0.1, 0.15) is 21.7 Å². The van der Waals surface area contributed by atoms with Crippen molar-refractivity contribution < 1.29 is 4.79 Å². The van der Waals surface area contributed by atoms with Gasteiger partial charge in [-0.3, -0.25) is 9.89 Å². The highest BCUT2D eigenvalue weighted by atomic mass is 35.5. The quantitative estimate of drug-likeness (QED) is 0.779. The van der Waals surface area contributed by atoms with E-state index >= 15 is 0 Å². The van der Waals surface area contributed by atoms with E-state index in [9.17, 15) is 4.79 Å². The highest BCUT2D eigenvalue weighted by Crippen LogP contribution is 2.24. The fourth-order valence-corrected chi connectivity index (χ4v) is 1.69. The lowest BCUT2D eigenvalue weighted by Gasteiger charge is -2.07. The number of nitrogens with zero attached hydrogens (tertiary/aromatic N) is 1. The number of carbonyl (C=O) groups excluding carboxylic acids is 1. The molecule has 0 aliphatic rings. The van der Waals surface area contributed by atoms with Gasteiger partial charge in [-0.2, -0.15) is 5.10 Å². The van der Waals surface area contributed by atoms with Crippen molar-refractivity contribution in [3.8, 4) is 0 Å². The summed E-state index contributed by atoms with van der Waals surface area (Å²) in [4.78, 5) is 12.0. The summed E-state index contributed by atoms with van der Waals surface area (Å²) >= 11 is 6.00. The van der Waals surface area contributed by atoms with Crippen molar-refractivity contribution in [2.24, 2.45) is 0 Å². The summed E-state index contributed by atoms with van der Waals surface area (Å²) in [5.41, 5.74) is 8.46. The number of rotatable bonds is 2. The third kappa shape index (κ3) is 2.31. The summed E-state index contributed by atoms with van der Waals surface area (Å²) in [6, 6.07) is 5.38. The zero-order valence-electron chi connectivity index (χ0n) is 10.0. The van der Waals surface area contributed by atoms with Gasteiger partial charge in [0.05, 0.1) is 22.1 Å². The van der Waals surface area contributed by atoms with Crippen molar-refractivity contribution in [2.75, 3.05) is 11.1 Å². The van der Waals surface area contributed by atoms with Gasteiger partial charge in [-0.05, 0) is 31.5 Å². The second-order valence-electron chi connectivity index (χ2n) is 4.05. The van der Waals surface area contributed by atoms with E-state index in [0.29, 0.717) is 22.1 Å². The second-order valence-corrected chi connectivity index (χ2v) is 4.46. The predicted octanol–water partition coefficient (Wildman–Crippen LogP) is 2.51. The summed E-state index contributed by atoms with van der Waals surface area (Å²) < 4.78 is 0. The van der Waals surface area contributed by atoms with Crippen LogP contribution in [0.3, 0.4) is 0 Å². The Morgan fingerprint density at radius 3 is 2.78 bits per heavy atom. The molecule has 6 heteroatoms. The van der Waals surface area contributed by atoms with Crippen molar-refractivity contribution in [1.29, 1.82) is 0 Å². The zero-order valence-corrected chi connectivity index (χ0v) is 10.8. The molecule has 0 saturated carbocycles. The van der Waals surface area contributed by atoms with Gasteiger partial charge in [-0.15, -0.1) is 0 Å². The minimum Gasteiger partial charge on any atom is -0.395 e. The lowest BCUT2D eigenvalue weighted by atomic mass is 10.2. The first kappa shape index (κ1) is 12.4. The Balaban J connectivity index is 2.27. The van der Waals surface area contributed by atoms with Crippen LogP contribution in [0.15, 0.2) is 18.2 Å². The van der Waals surface area contributed by atoms with Crippen LogP contribution in [0.5, 0.6) is 0 Å². The molecular formula is C12H13ClN4O. The van der Waals surface area contributed by atoms with Crippen LogP contribution in [0.25, 0.3) is 0 Å². The Labute approximate surface area is 109 Å². The maximum Gasteiger partial charge on any atom is 0.278 e. The molecule has 5 nitrogen and oxygen atoms in total. The minimum atomic E-state index is -0.385. The average molecular weight is 265 g/mol. The van der Waals surface area contributed by atoms with Gasteiger partial charge in [0.2, 0.25) is 0 Å². The number of hydrogen-bond donors (Lipinski definition) is 3. The van der Waals surface area contributed by atoms with E-state index < -0.39 is 0 Å². The van der Waals surface area contributed by atoms with Crippen molar-refractivity contribution in [3.05, 3.63) is 40.2 Å². The number of aromatic amines is 1. The molecule has 0 aliphatic heterocycles. The number of H-pyrrole nitrogens is 1. The number of aryl methyl sites for hydroxylation is 2. The Morgan fingerprint density at radius 1 is 1.44 bits per heavy atom. The van der Waals surface area contributed by atoms with Crippen LogP contribution in [-0.2, 0) is 0 Å². The van der Waals surface area contributed by atoms with Crippen LogP contribution in [-0.4, -0.2) is 16.1 Å². The summed E-state index contributed by atoms with van der Waals surface area (Å²) in [5, 5.41) is 9.68. The highest BCUT2D eigenvalue weighted by molar-refractivity contribution is 6.34. The van der Waals surface area contributed by atoms with Gasteiger partial charge in [0.25, 0.3) is 5.91 Å². The van der Waals surface area contributed by atoms with Crippen molar-refractivity contribution in [2.45, 2.75) is 13.8 Å².